The van der Waals surface area contributed by atoms with Crippen LogP contribution in [0.4, 0.5) is 0 Å². The van der Waals surface area contributed by atoms with Gasteiger partial charge in [-0.15, -0.1) is 0 Å². The van der Waals surface area contributed by atoms with Crippen LogP contribution in [0.1, 0.15) is 39.5 Å². The zero-order valence-corrected chi connectivity index (χ0v) is 16.2. The van der Waals surface area contributed by atoms with Gasteiger partial charge < -0.3 is 30.9 Å². The third-order valence-electron chi connectivity index (χ3n) is 2.27. The molecule has 0 bridgehead atoms. The minimum atomic E-state index is -2.34. The maximum atomic E-state index is 8.39. The van der Waals surface area contributed by atoms with Crippen molar-refractivity contribution in [3.63, 3.8) is 0 Å². The molecule has 0 aliphatic heterocycles. The summed E-state index contributed by atoms with van der Waals surface area (Å²) in [6.45, 7) is 6.61. The highest BCUT2D eigenvalue weighted by atomic mass is 32.9. The molecule has 0 aliphatic rings. The fourth-order valence-corrected chi connectivity index (χ4v) is 2.65. The quantitative estimate of drug-likeness (QED) is 0.285. The van der Waals surface area contributed by atoms with E-state index in [-0.39, 0.29) is 6.61 Å². The van der Waals surface area contributed by atoms with Gasteiger partial charge in [-0.25, -0.2) is 0 Å². The van der Waals surface area contributed by atoms with Gasteiger partial charge in [0.25, 0.3) is 0 Å². The van der Waals surface area contributed by atoms with E-state index in [1.807, 2.05) is 0 Å². The molecule has 4 nitrogen and oxygen atoms in total. The molecule has 20 heavy (non-hydrogen) atoms. The molecule has 0 rings (SSSR count). The number of rotatable bonds is 10. The van der Waals surface area contributed by atoms with E-state index in [4.69, 9.17) is 38.2 Å². The molecule has 7 heteroatoms. The van der Waals surface area contributed by atoms with Crippen LogP contribution in [0.5, 0.6) is 0 Å². The van der Waals surface area contributed by atoms with Crippen LogP contribution < -0.4 is 0 Å². The Bertz CT molecular complexity index is 246. The van der Waals surface area contributed by atoms with Crippen molar-refractivity contribution >= 4 is 29.7 Å². The summed E-state index contributed by atoms with van der Waals surface area (Å²) in [4.78, 5) is 0. The van der Waals surface area contributed by atoms with Crippen molar-refractivity contribution in [2.24, 2.45) is 0 Å². The molecule has 124 valence electrons. The summed E-state index contributed by atoms with van der Waals surface area (Å²) in [6, 6.07) is 0. The number of nitrogens with zero attached hydrogens (tertiary/aromatic N) is 1. The number of likely N-dealkylation sites (N-methyl/N-ethyl adjacent to an activating group) is 1. The number of aliphatic hydroxyl groups is 1. The van der Waals surface area contributed by atoms with Gasteiger partial charge in [0, 0.05) is 0 Å². The Morgan fingerprint density at radius 2 is 1.45 bits per heavy atom. The summed E-state index contributed by atoms with van der Waals surface area (Å²) in [5, 5.41) is 8.39. The van der Waals surface area contributed by atoms with E-state index in [2.05, 4.69) is 35.0 Å². The lowest BCUT2D eigenvalue weighted by atomic mass is 10.4. The zero-order chi connectivity index (χ0) is 16.1. The van der Waals surface area contributed by atoms with Gasteiger partial charge in [-0.3, -0.25) is 0 Å². The van der Waals surface area contributed by atoms with Crippen LogP contribution in [0.25, 0.3) is 0 Å². The molecular formula is C13H32NO3PS2. The topological polar surface area (TPSA) is 38.7 Å². The SMILES string of the molecule is CCCCOP(=S)([S-])OCCCC.C[N+](C)(C)CCO. The van der Waals surface area contributed by atoms with Gasteiger partial charge in [0.1, 0.15) is 6.54 Å². The number of hydrogen-bond donors (Lipinski definition) is 1. The van der Waals surface area contributed by atoms with Crippen molar-refractivity contribution in [3.8, 4) is 0 Å². The molecule has 0 radical (unpaired) electrons. The zero-order valence-electron chi connectivity index (χ0n) is 13.6. The summed E-state index contributed by atoms with van der Waals surface area (Å²) in [7, 11) is 6.16. The summed E-state index contributed by atoms with van der Waals surface area (Å²) < 4.78 is 11.5. The summed E-state index contributed by atoms with van der Waals surface area (Å²) in [5.74, 6) is 0. The second-order valence-corrected chi connectivity index (χ2v) is 10.5. The number of unbranched alkanes of at least 4 members (excludes halogenated alkanes) is 2. The lowest BCUT2D eigenvalue weighted by Gasteiger charge is -2.28. The van der Waals surface area contributed by atoms with Crippen LogP contribution in [0.2, 0.25) is 0 Å². The van der Waals surface area contributed by atoms with Crippen molar-refractivity contribution in [3.05, 3.63) is 0 Å². The van der Waals surface area contributed by atoms with E-state index < -0.39 is 5.69 Å². The first-order chi connectivity index (χ1) is 9.18. The highest BCUT2D eigenvalue weighted by Crippen LogP contribution is 2.46. The molecule has 0 atom stereocenters. The summed E-state index contributed by atoms with van der Waals surface area (Å²) in [5.41, 5.74) is -2.34. The molecular weight excluding hydrogens is 313 g/mol. The Labute approximate surface area is 135 Å². The Morgan fingerprint density at radius 1 is 1.05 bits per heavy atom. The Morgan fingerprint density at radius 3 is 1.65 bits per heavy atom. The maximum Gasteiger partial charge on any atom is 0.101 e. The largest absolute Gasteiger partial charge is 0.691 e. The molecule has 0 spiro atoms. The van der Waals surface area contributed by atoms with Gasteiger partial charge in [-0.2, -0.15) is 0 Å². The number of aliphatic hydroxyl groups excluding tert-OH is 1. The van der Waals surface area contributed by atoms with Crippen molar-refractivity contribution < 1.29 is 18.6 Å². The Balaban J connectivity index is 0. The van der Waals surface area contributed by atoms with Crippen LogP contribution >= 0.6 is 5.69 Å². The normalized spacial score (nSPS) is 11.9. The predicted molar refractivity (Wildman–Crippen MR) is 93.4 cm³/mol. The van der Waals surface area contributed by atoms with Crippen LogP contribution in [0.3, 0.4) is 0 Å². The Kier molecular flexibility index (Phi) is 15.6. The number of quaternary nitrogens is 1. The van der Waals surface area contributed by atoms with Gasteiger partial charge in [-0.1, -0.05) is 38.5 Å². The highest BCUT2D eigenvalue weighted by molar-refractivity contribution is 8.51. The first-order valence-corrected chi connectivity index (χ1v) is 10.8. The molecule has 1 N–H and O–H groups in total. The Hall–Kier alpha value is 0.840. The van der Waals surface area contributed by atoms with E-state index in [1.54, 1.807) is 0 Å². The second kappa shape index (κ2) is 13.5. The molecule has 0 aromatic carbocycles. The lowest BCUT2D eigenvalue weighted by molar-refractivity contribution is -0.870. The van der Waals surface area contributed by atoms with Gasteiger partial charge in [-0.05, 0) is 12.8 Å². The monoisotopic (exact) mass is 345 g/mol. The van der Waals surface area contributed by atoms with Crippen molar-refractivity contribution in [1.82, 2.24) is 0 Å². The highest BCUT2D eigenvalue weighted by Gasteiger charge is 2.02. The van der Waals surface area contributed by atoms with Crippen LogP contribution in [0, 0.1) is 0 Å². The van der Waals surface area contributed by atoms with Crippen LogP contribution in [-0.2, 0) is 33.1 Å². The minimum Gasteiger partial charge on any atom is -0.691 e. The second-order valence-electron chi connectivity index (χ2n) is 5.56. The fraction of sp³-hybridized carbons (Fsp3) is 1.00. The molecule has 0 amide bonds. The molecule has 0 unspecified atom stereocenters. The predicted octanol–water partition coefficient (Wildman–Crippen LogP) is 3.08. The fourth-order valence-electron chi connectivity index (χ4n) is 0.979. The average molecular weight is 346 g/mol. The molecule has 0 aliphatic carbocycles. The molecule has 0 saturated heterocycles. The molecule has 0 heterocycles. The summed E-state index contributed by atoms with van der Waals surface area (Å²) >= 11 is 10.1. The number of hydrogen-bond acceptors (Lipinski definition) is 5. The van der Waals surface area contributed by atoms with Crippen molar-refractivity contribution in [2.45, 2.75) is 39.5 Å². The minimum absolute atomic E-state index is 0.281. The van der Waals surface area contributed by atoms with E-state index >= 15 is 0 Å². The van der Waals surface area contributed by atoms with E-state index in [1.165, 1.54) is 0 Å². The molecule has 0 fully saturated rings. The third-order valence-corrected chi connectivity index (χ3v) is 4.53. The average Bonchev–Trinajstić information content (AvgIpc) is 2.28. The standard InChI is InChI=1S/C8H19O2PS2.C5H14NO/c1-3-5-7-9-11(12,13)10-8-6-4-2;1-6(2,3)4-5-7/h3-8H2,1-2H3,(H,12,13);7H,4-5H2,1-3H3/q;+1/p-1. The molecule has 0 aromatic rings. The van der Waals surface area contributed by atoms with Crippen LogP contribution in [-0.4, -0.2) is 57.1 Å². The van der Waals surface area contributed by atoms with Gasteiger partial charge >= 0.3 is 0 Å². The smallest absolute Gasteiger partial charge is 0.101 e. The summed E-state index contributed by atoms with van der Waals surface area (Å²) in [6.07, 6.45) is 4.21. The van der Waals surface area contributed by atoms with Crippen molar-refractivity contribution in [1.29, 1.82) is 0 Å². The first-order valence-electron chi connectivity index (χ1n) is 7.20. The van der Waals surface area contributed by atoms with Gasteiger partial charge in [0.2, 0.25) is 0 Å². The maximum absolute atomic E-state index is 8.39. The molecule has 0 saturated carbocycles. The van der Waals surface area contributed by atoms with E-state index in [9.17, 15) is 0 Å². The third kappa shape index (κ3) is 21.1. The lowest BCUT2D eigenvalue weighted by Crippen LogP contribution is -2.36. The first kappa shape index (κ1) is 23.1. The van der Waals surface area contributed by atoms with Gasteiger partial charge in [0.05, 0.1) is 46.7 Å². The van der Waals surface area contributed by atoms with Gasteiger partial charge in [0.15, 0.2) is 0 Å². The van der Waals surface area contributed by atoms with E-state index in [0.717, 1.165) is 36.7 Å². The van der Waals surface area contributed by atoms with Crippen molar-refractivity contribution in [2.75, 3.05) is 47.5 Å². The van der Waals surface area contributed by atoms with Crippen LogP contribution in [0.15, 0.2) is 0 Å². The van der Waals surface area contributed by atoms with E-state index in [0.29, 0.717) is 13.2 Å². The molecule has 0 aromatic heterocycles.